The molecule has 0 radical (unpaired) electrons. The molecule has 0 bridgehead atoms. The molecule has 0 unspecified atom stereocenters. The lowest BCUT2D eigenvalue weighted by molar-refractivity contribution is 0.0950. The van der Waals surface area contributed by atoms with Gasteiger partial charge in [0.2, 0.25) is 0 Å². The smallest absolute Gasteiger partial charge is 0.291 e. The van der Waals surface area contributed by atoms with Crippen molar-refractivity contribution in [3.05, 3.63) is 44.7 Å². The maximum atomic E-state index is 12.1. The molecule has 7 nitrogen and oxygen atoms in total. The molecular formula is C14H11Cl3N4O3. The number of methoxy groups -OCH3 is 1. The van der Waals surface area contributed by atoms with E-state index in [-0.39, 0.29) is 38.1 Å². The number of hydrogen-bond acceptors (Lipinski definition) is 6. The lowest BCUT2D eigenvalue weighted by Gasteiger charge is -2.07. The predicted molar refractivity (Wildman–Crippen MR) is 93.4 cm³/mol. The number of phenolic OH excluding ortho intramolecular Hbond substituents is 1. The van der Waals surface area contributed by atoms with E-state index in [0.717, 1.165) is 0 Å². The van der Waals surface area contributed by atoms with Crippen molar-refractivity contribution in [3.8, 4) is 11.5 Å². The Balaban J connectivity index is 2.17. The van der Waals surface area contributed by atoms with Crippen LogP contribution in [0.4, 0.5) is 5.69 Å². The van der Waals surface area contributed by atoms with Gasteiger partial charge in [-0.15, -0.1) is 0 Å². The third kappa shape index (κ3) is 3.81. The molecule has 1 heterocycles. The number of aromatic hydroxyl groups is 1. The van der Waals surface area contributed by atoms with Crippen LogP contribution in [0.3, 0.4) is 0 Å². The molecule has 1 amide bonds. The summed E-state index contributed by atoms with van der Waals surface area (Å²) in [6.45, 7) is 0. The summed E-state index contributed by atoms with van der Waals surface area (Å²) in [5.41, 5.74) is 8.21. The number of benzene rings is 1. The zero-order valence-electron chi connectivity index (χ0n) is 12.2. The summed E-state index contributed by atoms with van der Waals surface area (Å²) in [6.07, 6.45) is 1.34. The molecule has 4 N–H and O–H groups in total. The van der Waals surface area contributed by atoms with E-state index >= 15 is 0 Å². The molecule has 0 fully saturated rings. The highest BCUT2D eigenvalue weighted by Crippen LogP contribution is 2.34. The first-order chi connectivity index (χ1) is 11.3. The second-order valence-corrected chi connectivity index (χ2v) is 5.54. The van der Waals surface area contributed by atoms with Gasteiger partial charge in [-0.3, -0.25) is 4.79 Å². The number of nitrogens with one attached hydrogen (secondary N) is 1. The number of halogens is 3. The maximum absolute atomic E-state index is 12.1. The fourth-order valence-corrected chi connectivity index (χ4v) is 2.27. The van der Waals surface area contributed by atoms with E-state index in [0.29, 0.717) is 5.56 Å². The van der Waals surface area contributed by atoms with Crippen LogP contribution in [0.1, 0.15) is 16.1 Å². The molecule has 2 aromatic rings. The Bertz CT molecular complexity index is 827. The van der Waals surface area contributed by atoms with Gasteiger partial charge in [0.25, 0.3) is 5.91 Å². The molecule has 0 aliphatic carbocycles. The van der Waals surface area contributed by atoms with Crippen LogP contribution >= 0.6 is 34.8 Å². The van der Waals surface area contributed by atoms with Gasteiger partial charge in [0.15, 0.2) is 22.3 Å². The fourth-order valence-electron chi connectivity index (χ4n) is 1.67. The Kier molecular flexibility index (Phi) is 5.71. The van der Waals surface area contributed by atoms with E-state index in [1.165, 1.54) is 25.5 Å². The lowest BCUT2D eigenvalue weighted by atomic mass is 10.2. The number of hydrazone groups is 1. The molecule has 0 aliphatic heterocycles. The van der Waals surface area contributed by atoms with Crippen molar-refractivity contribution < 1.29 is 14.6 Å². The average Bonchev–Trinajstić information content (AvgIpc) is 2.57. The molecular weight excluding hydrogens is 379 g/mol. The van der Waals surface area contributed by atoms with Crippen LogP contribution in [-0.4, -0.2) is 29.3 Å². The van der Waals surface area contributed by atoms with E-state index in [9.17, 15) is 9.90 Å². The number of carbonyl (C=O) groups is 1. The van der Waals surface area contributed by atoms with E-state index in [1.807, 2.05) is 0 Å². The number of rotatable bonds is 4. The minimum atomic E-state index is -0.715. The first kappa shape index (κ1) is 18.1. The van der Waals surface area contributed by atoms with Gasteiger partial charge >= 0.3 is 0 Å². The van der Waals surface area contributed by atoms with Crippen molar-refractivity contribution in [2.75, 3.05) is 12.8 Å². The Hall–Kier alpha value is -2.22. The van der Waals surface area contributed by atoms with Gasteiger partial charge in [0.05, 0.1) is 24.0 Å². The SMILES string of the molecule is COc1cc(/C=N\NC(=O)c2nc(Cl)c(Cl)c(N)c2Cl)ccc1O. The van der Waals surface area contributed by atoms with Gasteiger partial charge < -0.3 is 15.6 Å². The number of nitrogens with two attached hydrogens (primary N) is 1. The van der Waals surface area contributed by atoms with Gasteiger partial charge in [-0.25, -0.2) is 10.4 Å². The van der Waals surface area contributed by atoms with Gasteiger partial charge in [-0.2, -0.15) is 5.10 Å². The predicted octanol–water partition coefficient (Wildman–Crippen LogP) is 3.10. The number of aromatic nitrogens is 1. The molecule has 1 aromatic heterocycles. The van der Waals surface area contributed by atoms with E-state index < -0.39 is 5.91 Å². The van der Waals surface area contributed by atoms with E-state index in [2.05, 4.69) is 15.5 Å². The number of anilines is 1. The highest BCUT2D eigenvalue weighted by atomic mass is 35.5. The number of amides is 1. The Morgan fingerprint density at radius 1 is 1.38 bits per heavy atom. The highest BCUT2D eigenvalue weighted by Gasteiger charge is 2.19. The highest BCUT2D eigenvalue weighted by molar-refractivity contribution is 6.46. The normalized spacial score (nSPS) is 10.8. The van der Waals surface area contributed by atoms with E-state index in [1.54, 1.807) is 6.07 Å². The van der Waals surface area contributed by atoms with Gasteiger partial charge in [0.1, 0.15) is 5.02 Å². The Labute approximate surface area is 152 Å². The summed E-state index contributed by atoms with van der Waals surface area (Å²) >= 11 is 17.5. The minimum absolute atomic E-state index is 0.0130. The second kappa shape index (κ2) is 7.57. The molecule has 0 saturated heterocycles. The van der Waals surface area contributed by atoms with Crippen molar-refractivity contribution in [3.63, 3.8) is 0 Å². The molecule has 24 heavy (non-hydrogen) atoms. The quantitative estimate of drug-likeness (QED) is 0.423. The average molecular weight is 390 g/mol. The topological polar surface area (TPSA) is 110 Å². The van der Waals surface area contributed by atoms with Crippen molar-refractivity contribution in [2.24, 2.45) is 5.10 Å². The molecule has 0 aliphatic rings. The molecule has 0 spiro atoms. The molecule has 126 valence electrons. The summed E-state index contributed by atoms with van der Waals surface area (Å²) in [5, 5.41) is 13.0. The van der Waals surface area contributed by atoms with Crippen LogP contribution in [0.25, 0.3) is 0 Å². The first-order valence-corrected chi connectivity index (χ1v) is 7.49. The third-order valence-corrected chi connectivity index (χ3v) is 4.01. The van der Waals surface area contributed by atoms with Gasteiger partial charge in [-0.1, -0.05) is 34.8 Å². The standard InChI is InChI=1S/C14H11Cl3N4O3/c1-24-8-4-6(2-3-7(8)22)5-19-21-14(23)12-9(15)11(18)10(16)13(17)20-12/h2-5,22H,1H3,(H2,18,20)(H,21,23)/b19-5-. The maximum Gasteiger partial charge on any atom is 0.291 e. The Morgan fingerprint density at radius 3 is 2.75 bits per heavy atom. The number of pyridine rings is 1. The summed E-state index contributed by atoms with van der Waals surface area (Å²) in [6, 6.07) is 4.54. The van der Waals surface area contributed by atoms with Crippen molar-refractivity contribution in [1.82, 2.24) is 10.4 Å². The summed E-state index contributed by atoms with van der Waals surface area (Å²) in [4.78, 5) is 15.8. The van der Waals surface area contributed by atoms with Crippen LogP contribution in [-0.2, 0) is 0 Å². The zero-order chi connectivity index (χ0) is 17.9. The second-order valence-electron chi connectivity index (χ2n) is 4.42. The van der Waals surface area contributed by atoms with Crippen molar-refractivity contribution in [1.29, 1.82) is 0 Å². The van der Waals surface area contributed by atoms with Gasteiger partial charge in [0, 0.05) is 0 Å². The number of nitrogen functional groups attached to an aromatic ring is 1. The molecule has 0 atom stereocenters. The monoisotopic (exact) mass is 388 g/mol. The lowest BCUT2D eigenvalue weighted by Crippen LogP contribution is -2.20. The number of carbonyl (C=O) groups excluding carboxylic acids is 1. The fraction of sp³-hybridized carbons (Fsp3) is 0.0714. The molecule has 0 saturated carbocycles. The van der Waals surface area contributed by atoms with Crippen LogP contribution in [0.15, 0.2) is 23.3 Å². The van der Waals surface area contributed by atoms with Crippen LogP contribution < -0.4 is 15.9 Å². The zero-order valence-corrected chi connectivity index (χ0v) is 14.4. The minimum Gasteiger partial charge on any atom is -0.504 e. The number of hydrogen-bond donors (Lipinski definition) is 3. The third-order valence-electron chi connectivity index (χ3n) is 2.87. The molecule has 1 aromatic carbocycles. The van der Waals surface area contributed by atoms with E-state index in [4.69, 9.17) is 45.3 Å². The first-order valence-electron chi connectivity index (χ1n) is 6.35. The molecule has 2 rings (SSSR count). The van der Waals surface area contributed by atoms with Crippen LogP contribution in [0.2, 0.25) is 15.2 Å². The van der Waals surface area contributed by atoms with Crippen LogP contribution in [0, 0.1) is 0 Å². The number of phenols is 1. The summed E-state index contributed by atoms with van der Waals surface area (Å²) in [5.74, 6) is -0.458. The Morgan fingerprint density at radius 2 is 2.08 bits per heavy atom. The summed E-state index contributed by atoms with van der Waals surface area (Å²) < 4.78 is 4.97. The largest absolute Gasteiger partial charge is 0.504 e. The van der Waals surface area contributed by atoms with Crippen LogP contribution in [0.5, 0.6) is 11.5 Å². The summed E-state index contributed by atoms with van der Waals surface area (Å²) in [7, 11) is 1.42. The molecule has 10 heteroatoms. The van der Waals surface area contributed by atoms with Gasteiger partial charge in [-0.05, 0) is 23.8 Å². The van der Waals surface area contributed by atoms with Crippen molar-refractivity contribution >= 4 is 52.6 Å². The number of nitrogens with zero attached hydrogens (tertiary/aromatic N) is 2. The number of ether oxygens (including phenoxy) is 1. The van der Waals surface area contributed by atoms with Crippen molar-refractivity contribution in [2.45, 2.75) is 0 Å².